The molecule has 1 aromatic carbocycles. The number of unbranched alkanes of at least 4 members (excludes halogenated alkanes) is 9. The molecular weight excluding hydrogens is 316 g/mol. The van der Waals surface area contributed by atoms with Gasteiger partial charge in [0.15, 0.2) is 9.84 Å². The fourth-order valence-corrected chi connectivity index (χ4v) is 5.61. The van der Waals surface area contributed by atoms with Gasteiger partial charge in [0.2, 0.25) is 0 Å². The van der Waals surface area contributed by atoms with Crippen molar-refractivity contribution in [3.8, 4) is 0 Å². The standard InChI is InChI=1S/C21H34O2S/c1-2-3-4-5-6-7-8-9-10-12-15-19-18-21(19)24(22,23)20-16-13-11-14-17-20/h11,13-14,16-17,19,21H,2-10,12,15,18H2,1H3. The normalized spacial score (nSPS) is 20.2. The Balaban J connectivity index is 1.52. The highest BCUT2D eigenvalue weighted by atomic mass is 32.2. The van der Waals surface area contributed by atoms with Crippen LogP contribution in [0.15, 0.2) is 35.2 Å². The SMILES string of the molecule is CCCCCCCCCCCCC1CC1S(=O)(=O)c1ccccc1. The van der Waals surface area contributed by atoms with E-state index in [9.17, 15) is 8.42 Å². The third-order valence-electron chi connectivity index (χ3n) is 5.26. The molecule has 0 radical (unpaired) electrons. The Hall–Kier alpha value is -0.830. The van der Waals surface area contributed by atoms with Crippen LogP contribution in [-0.4, -0.2) is 13.7 Å². The molecule has 3 heteroatoms. The van der Waals surface area contributed by atoms with Crippen molar-refractivity contribution in [2.45, 2.75) is 94.1 Å². The molecule has 0 aromatic heterocycles. The van der Waals surface area contributed by atoms with Crippen LogP contribution in [0, 0.1) is 5.92 Å². The average Bonchev–Trinajstić information content (AvgIpc) is 3.38. The summed E-state index contributed by atoms with van der Waals surface area (Å²) in [5, 5.41) is -0.113. The first-order valence-corrected chi connectivity index (χ1v) is 11.5. The molecule has 2 unspecified atom stereocenters. The maximum Gasteiger partial charge on any atom is 0.181 e. The van der Waals surface area contributed by atoms with E-state index in [-0.39, 0.29) is 5.25 Å². The zero-order chi connectivity index (χ0) is 17.3. The number of benzene rings is 1. The summed E-state index contributed by atoms with van der Waals surface area (Å²) in [7, 11) is -3.08. The monoisotopic (exact) mass is 350 g/mol. The van der Waals surface area contributed by atoms with E-state index in [1.807, 2.05) is 18.2 Å². The van der Waals surface area contributed by atoms with Crippen molar-refractivity contribution >= 4 is 9.84 Å². The lowest BCUT2D eigenvalue weighted by molar-refractivity contribution is 0.538. The van der Waals surface area contributed by atoms with Crippen molar-refractivity contribution in [2.75, 3.05) is 0 Å². The van der Waals surface area contributed by atoms with Crippen LogP contribution in [0.2, 0.25) is 0 Å². The van der Waals surface area contributed by atoms with Gasteiger partial charge in [0, 0.05) is 0 Å². The molecule has 0 spiro atoms. The Morgan fingerprint density at radius 3 is 1.96 bits per heavy atom. The maximum absolute atomic E-state index is 12.5. The zero-order valence-corrected chi connectivity index (χ0v) is 16.1. The Bertz CT molecular complexity index is 550. The molecule has 1 saturated carbocycles. The van der Waals surface area contributed by atoms with Crippen LogP contribution < -0.4 is 0 Å². The Kier molecular flexibility index (Phi) is 8.31. The summed E-state index contributed by atoms with van der Waals surface area (Å²) >= 11 is 0. The molecule has 0 aliphatic heterocycles. The van der Waals surface area contributed by atoms with E-state index in [0.717, 1.165) is 12.8 Å². The van der Waals surface area contributed by atoms with Crippen molar-refractivity contribution in [1.29, 1.82) is 0 Å². The minimum Gasteiger partial charge on any atom is -0.223 e. The third kappa shape index (κ3) is 6.23. The zero-order valence-electron chi connectivity index (χ0n) is 15.3. The molecule has 2 rings (SSSR count). The molecule has 0 N–H and O–H groups in total. The van der Waals surface area contributed by atoms with Crippen molar-refractivity contribution in [3.05, 3.63) is 30.3 Å². The number of sulfone groups is 1. The van der Waals surface area contributed by atoms with Gasteiger partial charge in [0.1, 0.15) is 0 Å². The first kappa shape index (κ1) is 19.5. The van der Waals surface area contributed by atoms with Crippen molar-refractivity contribution in [2.24, 2.45) is 5.92 Å². The smallest absolute Gasteiger partial charge is 0.181 e. The first-order chi connectivity index (χ1) is 11.7. The highest BCUT2D eigenvalue weighted by Crippen LogP contribution is 2.43. The third-order valence-corrected chi connectivity index (χ3v) is 7.56. The fraction of sp³-hybridized carbons (Fsp3) is 0.714. The van der Waals surface area contributed by atoms with Gasteiger partial charge in [-0.1, -0.05) is 89.3 Å². The minimum atomic E-state index is -3.08. The van der Waals surface area contributed by atoms with E-state index in [4.69, 9.17) is 0 Å². The van der Waals surface area contributed by atoms with E-state index in [2.05, 4.69) is 6.92 Å². The fourth-order valence-electron chi connectivity index (χ4n) is 3.58. The minimum absolute atomic E-state index is 0.113. The van der Waals surface area contributed by atoms with Crippen LogP contribution in [0.4, 0.5) is 0 Å². The van der Waals surface area contributed by atoms with Crippen molar-refractivity contribution in [1.82, 2.24) is 0 Å². The second-order valence-electron chi connectivity index (χ2n) is 7.36. The highest BCUT2D eigenvalue weighted by molar-refractivity contribution is 7.92. The molecule has 0 heterocycles. The molecule has 0 bridgehead atoms. The number of hydrogen-bond acceptors (Lipinski definition) is 2. The van der Waals surface area contributed by atoms with Crippen molar-refractivity contribution in [3.63, 3.8) is 0 Å². The topological polar surface area (TPSA) is 34.1 Å². The van der Waals surface area contributed by atoms with Gasteiger partial charge in [-0.25, -0.2) is 8.42 Å². The summed E-state index contributed by atoms with van der Waals surface area (Å²) in [5.74, 6) is 0.407. The Morgan fingerprint density at radius 2 is 1.38 bits per heavy atom. The van der Waals surface area contributed by atoms with Crippen LogP contribution >= 0.6 is 0 Å². The summed E-state index contributed by atoms with van der Waals surface area (Å²) < 4.78 is 25.0. The summed E-state index contributed by atoms with van der Waals surface area (Å²) in [6.07, 6.45) is 15.4. The van der Waals surface area contributed by atoms with Crippen LogP contribution in [0.3, 0.4) is 0 Å². The van der Waals surface area contributed by atoms with Gasteiger partial charge in [-0.05, 0) is 30.9 Å². The summed E-state index contributed by atoms with van der Waals surface area (Å²) in [6.45, 7) is 2.26. The summed E-state index contributed by atoms with van der Waals surface area (Å²) in [6, 6.07) is 8.95. The van der Waals surface area contributed by atoms with Gasteiger partial charge in [-0.15, -0.1) is 0 Å². The molecule has 2 nitrogen and oxygen atoms in total. The van der Waals surface area contributed by atoms with Gasteiger partial charge in [-0.3, -0.25) is 0 Å². The lowest BCUT2D eigenvalue weighted by atomic mass is 10.1. The molecule has 136 valence electrons. The van der Waals surface area contributed by atoms with Crippen LogP contribution in [-0.2, 0) is 9.84 Å². The average molecular weight is 351 g/mol. The number of rotatable bonds is 13. The van der Waals surface area contributed by atoms with Crippen LogP contribution in [0.1, 0.15) is 84.0 Å². The lowest BCUT2D eigenvalue weighted by Gasteiger charge is -2.04. The molecular formula is C21H34O2S. The molecule has 0 saturated heterocycles. The molecule has 1 aromatic rings. The van der Waals surface area contributed by atoms with Crippen molar-refractivity contribution < 1.29 is 8.42 Å². The van der Waals surface area contributed by atoms with E-state index in [0.29, 0.717) is 10.8 Å². The second-order valence-corrected chi connectivity index (χ2v) is 9.53. The lowest BCUT2D eigenvalue weighted by Crippen LogP contribution is -2.09. The molecule has 2 atom stereocenters. The van der Waals surface area contributed by atoms with E-state index < -0.39 is 9.84 Å². The summed E-state index contributed by atoms with van der Waals surface area (Å²) in [5.41, 5.74) is 0. The molecule has 24 heavy (non-hydrogen) atoms. The Morgan fingerprint density at radius 1 is 0.833 bits per heavy atom. The van der Waals surface area contributed by atoms with E-state index >= 15 is 0 Å². The predicted molar refractivity (Wildman–Crippen MR) is 102 cm³/mol. The van der Waals surface area contributed by atoms with Gasteiger partial charge < -0.3 is 0 Å². The van der Waals surface area contributed by atoms with Gasteiger partial charge in [0.05, 0.1) is 10.1 Å². The number of hydrogen-bond donors (Lipinski definition) is 0. The van der Waals surface area contributed by atoms with E-state index in [1.54, 1.807) is 12.1 Å². The second kappa shape index (κ2) is 10.2. The van der Waals surface area contributed by atoms with E-state index in [1.165, 1.54) is 64.2 Å². The molecule has 0 amide bonds. The Labute approximate surface area is 149 Å². The molecule has 1 fully saturated rings. The quantitative estimate of drug-likeness (QED) is 0.399. The summed E-state index contributed by atoms with van der Waals surface area (Å²) in [4.78, 5) is 0.501. The van der Waals surface area contributed by atoms with Gasteiger partial charge >= 0.3 is 0 Å². The van der Waals surface area contributed by atoms with Gasteiger partial charge in [0.25, 0.3) is 0 Å². The largest absolute Gasteiger partial charge is 0.223 e. The molecule has 1 aliphatic rings. The predicted octanol–water partition coefficient (Wildman–Crippen LogP) is 6.16. The highest BCUT2D eigenvalue weighted by Gasteiger charge is 2.46. The maximum atomic E-state index is 12.5. The van der Waals surface area contributed by atoms with Crippen LogP contribution in [0.25, 0.3) is 0 Å². The molecule has 1 aliphatic carbocycles. The first-order valence-electron chi connectivity index (χ1n) is 9.95. The van der Waals surface area contributed by atoms with Crippen LogP contribution in [0.5, 0.6) is 0 Å². The van der Waals surface area contributed by atoms with Gasteiger partial charge in [-0.2, -0.15) is 0 Å².